The minimum absolute atomic E-state index is 0.109. The number of aromatic nitrogens is 1. The normalized spacial score (nSPS) is 15.6. The molecule has 4 nitrogen and oxygen atoms in total. The van der Waals surface area contributed by atoms with E-state index < -0.39 is 11.7 Å². The largest absolute Gasteiger partial charge is 0.493 e. The summed E-state index contributed by atoms with van der Waals surface area (Å²) in [5.41, 5.74) is 0.130. The second-order valence-electron chi connectivity index (χ2n) is 9.59. The van der Waals surface area contributed by atoms with Crippen molar-refractivity contribution < 1.29 is 22.7 Å². The summed E-state index contributed by atoms with van der Waals surface area (Å²) in [6.45, 7) is 6.35. The van der Waals surface area contributed by atoms with Crippen molar-refractivity contribution >= 4 is 11.7 Å². The number of hydrogen-bond acceptors (Lipinski definition) is 3. The van der Waals surface area contributed by atoms with Crippen LogP contribution >= 0.6 is 0 Å². The van der Waals surface area contributed by atoms with Gasteiger partial charge in [-0.3, -0.25) is 4.79 Å². The molecule has 1 aromatic carbocycles. The van der Waals surface area contributed by atoms with Crippen molar-refractivity contribution in [1.29, 1.82) is 0 Å². The molecule has 0 bridgehead atoms. The Morgan fingerprint density at radius 2 is 1.82 bits per heavy atom. The molecule has 180 valence electrons. The van der Waals surface area contributed by atoms with E-state index in [0.29, 0.717) is 35.2 Å². The molecule has 0 radical (unpaired) electrons. The molecule has 0 spiro atoms. The zero-order chi connectivity index (χ0) is 24.0. The van der Waals surface area contributed by atoms with Crippen molar-refractivity contribution in [3.63, 3.8) is 0 Å². The van der Waals surface area contributed by atoms with Gasteiger partial charge >= 0.3 is 6.18 Å². The Bertz CT molecular complexity index is 937. The van der Waals surface area contributed by atoms with E-state index in [4.69, 9.17) is 4.74 Å². The van der Waals surface area contributed by atoms with Gasteiger partial charge in [-0.25, -0.2) is 4.98 Å². The number of anilines is 1. The predicted molar refractivity (Wildman–Crippen MR) is 124 cm³/mol. The van der Waals surface area contributed by atoms with Crippen LogP contribution in [-0.4, -0.2) is 17.5 Å². The van der Waals surface area contributed by atoms with E-state index in [1.165, 1.54) is 12.3 Å². The minimum Gasteiger partial charge on any atom is -0.493 e. The first kappa shape index (κ1) is 25.1. The number of halogens is 3. The minimum atomic E-state index is -4.54. The highest BCUT2D eigenvalue weighted by atomic mass is 19.4. The van der Waals surface area contributed by atoms with E-state index >= 15 is 0 Å². The number of carbonyl (C=O) groups excluding carboxylic acids is 1. The highest BCUT2D eigenvalue weighted by Gasteiger charge is 2.35. The predicted octanol–water partition coefficient (Wildman–Crippen LogP) is 7.35. The summed E-state index contributed by atoms with van der Waals surface area (Å²) in [5.74, 6) is 1.07. The molecular formula is C26H33F3N2O2. The number of nitrogens with one attached hydrogen (secondary N) is 1. The number of hydrogen-bond donors (Lipinski definition) is 1. The van der Waals surface area contributed by atoms with Crippen molar-refractivity contribution in [3.8, 4) is 16.9 Å². The van der Waals surface area contributed by atoms with E-state index in [1.807, 2.05) is 6.92 Å². The number of alkyl halides is 3. The molecule has 1 aliphatic rings. The molecule has 1 aliphatic carbocycles. The van der Waals surface area contributed by atoms with Gasteiger partial charge in [-0.2, -0.15) is 13.2 Å². The van der Waals surface area contributed by atoms with Crippen LogP contribution in [-0.2, 0) is 11.0 Å². The Balaban J connectivity index is 1.75. The van der Waals surface area contributed by atoms with Gasteiger partial charge in [0.05, 0.1) is 12.2 Å². The van der Waals surface area contributed by atoms with Crippen LogP contribution in [0.25, 0.3) is 11.1 Å². The number of nitrogens with zero attached hydrogens (tertiary/aromatic N) is 1. The summed E-state index contributed by atoms with van der Waals surface area (Å²) >= 11 is 0. The maximum absolute atomic E-state index is 13.8. The Morgan fingerprint density at radius 1 is 1.12 bits per heavy atom. The average Bonchev–Trinajstić information content (AvgIpc) is 3.24. The topological polar surface area (TPSA) is 51.2 Å². The summed E-state index contributed by atoms with van der Waals surface area (Å²) in [4.78, 5) is 16.5. The Hall–Kier alpha value is -2.57. The summed E-state index contributed by atoms with van der Waals surface area (Å²) < 4.78 is 46.9. The van der Waals surface area contributed by atoms with Gasteiger partial charge in [-0.15, -0.1) is 0 Å². The van der Waals surface area contributed by atoms with Crippen molar-refractivity contribution in [1.82, 2.24) is 4.98 Å². The third kappa shape index (κ3) is 7.47. The summed E-state index contributed by atoms with van der Waals surface area (Å²) in [6.07, 6.45) is 2.71. The fraction of sp³-hybridized carbons (Fsp3) is 0.538. The summed E-state index contributed by atoms with van der Waals surface area (Å²) in [6, 6.07) is 7.32. The summed E-state index contributed by atoms with van der Waals surface area (Å²) in [7, 11) is 0. The van der Waals surface area contributed by atoms with Crippen LogP contribution < -0.4 is 10.1 Å². The fourth-order valence-corrected chi connectivity index (χ4v) is 4.51. The fourth-order valence-electron chi connectivity index (χ4n) is 4.51. The van der Waals surface area contributed by atoms with E-state index in [9.17, 15) is 18.0 Å². The maximum Gasteiger partial charge on any atom is 0.419 e. The van der Waals surface area contributed by atoms with E-state index in [1.54, 1.807) is 18.2 Å². The van der Waals surface area contributed by atoms with Crippen LogP contribution in [0.4, 0.5) is 19.0 Å². The molecule has 0 saturated heterocycles. The lowest BCUT2D eigenvalue weighted by Gasteiger charge is -2.19. The van der Waals surface area contributed by atoms with Gasteiger partial charge in [0.25, 0.3) is 0 Å². The van der Waals surface area contributed by atoms with Gasteiger partial charge in [-0.1, -0.05) is 39.7 Å². The lowest BCUT2D eigenvalue weighted by Crippen LogP contribution is -2.16. The second-order valence-corrected chi connectivity index (χ2v) is 9.59. The molecule has 1 atom stereocenters. The first-order valence-electron chi connectivity index (χ1n) is 11.7. The average molecular weight is 463 g/mol. The number of carbonyl (C=O) groups is 1. The number of amides is 1. The van der Waals surface area contributed by atoms with Gasteiger partial charge < -0.3 is 10.1 Å². The lowest BCUT2D eigenvalue weighted by molar-refractivity contribution is -0.139. The van der Waals surface area contributed by atoms with Crippen LogP contribution in [0.5, 0.6) is 5.75 Å². The van der Waals surface area contributed by atoms with E-state index in [2.05, 4.69) is 24.1 Å². The molecule has 33 heavy (non-hydrogen) atoms. The second kappa shape index (κ2) is 11.0. The number of benzene rings is 1. The Morgan fingerprint density at radius 3 is 2.48 bits per heavy atom. The van der Waals surface area contributed by atoms with Crippen LogP contribution in [0.2, 0.25) is 0 Å². The molecule has 2 aromatic rings. The molecule has 1 aromatic heterocycles. The quantitative estimate of drug-likeness (QED) is 0.424. The first-order chi connectivity index (χ1) is 15.6. The molecular weight excluding hydrogens is 429 g/mol. The third-order valence-electron chi connectivity index (χ3n) is 5.99. The molecule has 1 heterocycles. The van der Waals surface area contributed by atoms with Crippen LogP contribution in [0.3, 0.4) is 0 Å². The van der Waals surface area contributed by atoms with Crippen LogP contribution in [0.1, 0.15) is 64.9 Å². The van der Waals surface area contributed by atoms with Gasteiger partial charge in [0.1, 0.15) is 11.6 Å². The molecule has 1 fully saturated rings. The van der Waals surface area contributed by atoms with Crippen molar-refractivity contribution in [2.45, 2.75) is 65.5 Å². The SMILES string of the molecule is CC(C)CC(C)COc1ccc(-c2ccnc(NC(=O)CC3CCCC3)c2)cc1C(F)(F)F. The maximum atomic E-state index is 13.8. The Labute approximate surface area is 193 Å². The molecule has 1 unspecified atom stereocenters. The molecule has 1 amide bonds. The smallest absolute Gasteiger partial charge is 0.419 e. The van der Waals surface area contributed by atoms with Gasteiger partial charge in [0.15, 0.2) is 0 Å². The summed E-state index contributed by atoms with van der Waals surface area (Å²) in [5, 5.41) is 2.79. The molecule has 1 N–H and O–H groups in total. The first-order valence-corrected chi connectivity index (χ1v) is 11.7. The molecule has 3 rings (SSSR count). The third-order valence-corrected chi connectivity index (χ3v) is 5.99. The monoisotopic (exact) mass is 462 g/mol. The van der Waals surface area contributed by atoms with Crippen molar-refractivity contribution in [3.05, 3.63) is 42.1 Å². The lowest BCUT2D eigenvalue weighted by atomic mass is 9.99. The molecule has 7 heteroatoms. The number of ether oxygens (including phenoxy) is 1. The zero-order valence-corrected chi connectivity index (χ0v) is 19.5. The number of pyridine rings is 1. The van der Waals surface area contributed by atoms with E-state index in [0.717, 1.165) is 38.2 Å². The van der Waals surface area contributed by atoms with Crippen molar-refractivity contribution in [2.24, 2.45) is 17.8 Å². The van der Waals surface area contributed by atoms with Crippen LogP contribution in [0, 0.1) is 17.8 Å². The zero-order valence-electron chi connectivity index (χ0n) is 19.5. The Kier molecular flexibility index (Phi) is 8.38. The highest BCUT2D eigenvalue weighted by Crippen LogP contribution is 2.39. The van der Waals surface area contributed by atoms with Crippen LogP contribution in [0.15, 0.2) is 36.5 Å². The number of rotatable bonds is 9. The highest BCUT2D eigenvalue weighted by molar-refractivity contribution is 5.90. The van der Waals surface area contributed by atoms with Crippen molar-refractivity contribution in [2.75, 3.05) is 11.9 Å². The van der Waals surface area contributed by atoms with Gasteiger partial charge in [0, 0.05) is 12.6 Å². The van der Waals surface area contributed by atoms with Gasteiger partial charge in [0.2, 0.25) is 5.91 Å². The standard InChI is InChI=1S/C26H33F3N2O2/c1-17(2)12-18(3)16-33-23-9-8-20(14-22(23)26(27,28)29)21-10-11-30-24(15-21)31-25(32)13-19-6-4-5-7-19/h8-11,14-15,17-19H,4-7,12-13,16H2,1-3H3,(H,30,31,32). The van der Waals surface area contributed by atoms with E-state index in [-0.39, 0.29) is 24.2 Å². The molecule has 0 aliphatic heterocycles. The van der Waals surface area contributed by atoms with Gasteiger partial charge in [-0.05, 0) is 72.4 Å². The molecule has 1 saturated carbocycles.